The second-order valence-corrected chi connectivity index (χ2v) is 8.61. The molecule has 0 unspecified atom stereocenters. The van der Waals surface area contributed by atoms with Crippen molar-refractivity contribution in [2.75, 3.05) is 20.8 Å². The highest BCUT2D eigenvalue weighted by Gasteiger charge is 2.18. The minimum absolute atomic E-state index is 0.266. The maximum Gasteiger partial charge on any atom is 0.282 e. The zero-order valence-electron chi connectivity index (χ0n) is 19.8. The number of nitrogens with zero attached hydrogens (tertiary/aromatic N) is 3. The molecule has 0 aliphatic heterocycles. The molecule has 0 saturated heterocycles. The number of ether oxygens (including phenoxy) is 3. The molecule has 0 spiro atoms. The van der Waals surface area contributed by atoms with Gasteiger partial charge in [0.1, 0.15) is 11.3 Å². The Hall–Kier alpha value is -4.11. The van der Waals surface area contributed by atoms with Crippen molar-refractivity contribution in [2.45, 2.75) is 6.92 Å². The first-order valence-electron chi connectivity index (χ1n) is 11.2. The molecule has 36 heavy (non-hydrogen) atoms. The fourth-order valence-electron chi connectivity index (χ4n) is 3.91. The Labute approximate surface area is 214 Å². The Morgan fingerprint density at radius 1 is 1.00 bits per heavy atom. The van der Waals surface area contributed by atoms with E-state index in [2.05, 4.69) is 21.0 Å². The Balaban J connectivity index is 1.70. The van der Waals surface area contributed by atoms with E-state index in [1.165, 1.54) is 4.68 Å². The molecule has 0 radical (unpaired) electrons. The first-order valence-corrected chi connectivity index (χ1v) is 12.0. The fourth-order valence-corrected chi connectivity index (χ4v) is 4.33. The number of methoxy groups -OCH3 is 2. The van der Waals surface area contributed by atoms with E-state index in [0.29, 0.717) is 51.7 Å². The molecule has 3 aromatic carbocycles. The summed E-state index contributed by atoms with van der Waals surface area (Å²) in [5, 5.41) is 5.74. The molecular weight excluding hydrogens is 526 g/mol. The minimum atomic E-state index is -0.326. The summed E-state index contributed by atoms with van der Waals surface area (Å²) in [6.45, 7) is 2.40. The van der Waals surface area contributed by atoms with Gasteiger partial charge in [-0.3, -0.25) is 4.79 Å². The second kappa shape index (κ2) is 9.87. The third-order valence-electron chi connectivity index (χ3n) is 5.61. The molecule has 0 aliphatic carbocycles. The number of benzene rings is 3. The molecule has 5 aromatic rings. The Kier molecular flexibility index (Phi) is 6.47. The van der Waals surface area contributed by atoms with Crippen LogP contribution in [0.25, 0.3) is 33.5 Å². The highest BCUT2D eigenvalue weighted by molar-refractivity contribution is 9.10. The van der Waals surface area contributed by atoms with Crippen LogP contribution in [-0.4, -0.2) is 36.7 Å². The van der Waals surface area contributed by atoms with Crippen LogP contribution in [0.4, 0.5) is 0 Å². The molecule has 9 heteroatoms. The first kappa shape index (κ1) is 23.6. The summed E-state index contributed by atoms with van der Waals surface area (Å²) in [6.07, 6.45) is 1.56. The summed E-state index contributed by atoms with van der Waals surface area (Å²) in [5.74, 6) is 2.46. The molecule has 5 rings (SSSR count). The minimum Gasteiger partial charge on any atom is -0.496 e. The van der Waals surface area contributed by atoms with Gasteiger partial charge in [0.25, 0.3) is 5.56 Å². The lowest BCUT2D eigenvalue weighted by Crippen LogP contribution is -2.20. The molecule has 0 bridgehead atoms. The van der Waals surface area contributed by atoms with Gasteiger partial charge in [0.05, 0.1) is 43.3 Å². The molecule has 2 heterocycles. The van der Waals surface area contributed by atoms with Gasteiger partial charge in [-0.25, -0.2) is 4.98 Å². The van der Waals surface area contributed by atoms with Crippen LogP contribution in [0, 0.1) is 0 Å². The monoisotopic (exact) mass is 547 g/mol. The molecule has 0 saturated carbocycles. The summed E-state index contributed by atoms with van der Waals surface area (Å²) in [4.78, 5) is 18.2. The van der Waals surface area contributed by atoms with Crippen molar-refractivity contribution in [3.05, 3.63) is 81.1 Å². The van der Waals surface area contributed by atoms with E-state index in [-0.39, 0.29) is 11.4 Å². The smallest absolute Gasteiger partial charge is 0.282 e. The van der Waals surface area contributed by atoms with Gasteiger partial charge in [0.2, 0.25) is 5.82 Å². The van der Waals surface area contributed by atoms with Crippen molar-refractivity contribution in [3.8, 4) is 28.8 Å². The predicted octanol–water partition coefficient (Wildman–Crippen LogP) is 5.87. The van der Waals surface area contributed by atoms with E-state index in [4.69, 9.17) is 23.6 Å². The molecule has 8 nitrogen and oxygen atoms in total. The third kappa shape index (κ3) is 4.22. The number of hydrogen-bond donors (Lipinski definition) is 0. The maximum atomic E-state index is 13.5. The van der Waals surface area contributed by atoms with Gasteiger partial charge in [-0.1, -0.05) is 18.2 Å². The summed E-state index contributed by atoms with van der Waals surface area (Å²) in [6, 6.07) is 18.0. The number of rotatable bonds is 7. The van der Waals surface area contributed by atoms with Gasteiger partial charge in [0.15, 0.2) is 17.3 Å². The molecule has 0 N–H and O–H groups in total. The van der Waals surface area contributed by atoms with Crippen molar-refractivity contribution in [2.24, 2.45) is 5.10 Å². The average Bonchev–Trinajstić information content (AvgIpc) is 3.33. The zero-order chi connectivity index (χ0) is 25.2. The van der Waals surface area contributed by atoms with Crippen molar-refractivity contribution in [1.29, 1.82) is 0 Å². The van der Waals surface area contributed by atoms with Crippen LogP contribution in [0.1, 0.15) is 12.5 Å². The number of fused-ring (bicyclic) bond motifs is 2. The van der Waals surface area contributed by atoms with Gasteiger partial charge in [-0.05, 0) is 65.3 Å². The lowest BCUT2D eigenvalue weighted by molar-refractivity contribution is 0.310. The third-order valence-corrected chi connectivity index (χ3v) is 6.30. The molecule has 0 aliphatic rings. The van der Waals surface area contributed by atoms with E-state index in [1.54, 1.807) is 56.8 Å². The first-order chi connectivity index (χ1) is 17.5. The molecule has 0 amide bonds. The quantitative estimate of drug-likeness (QED) is 0.237. The topological polar surface area (TPSA) is 88.1 Å². The van der Waals surface area contributed by atoms with E-state index in [1.807, 2.05) is 31.2 Å². The Bertz CT molecular complexity index is 1670. The number of aromatic nitrogens is 2. The van der Waals surface area contributed by atoms with Crippen molar-refractivity contribution in [1.82, 2.24) is 9.66 Å². The van der Waals surface area contributed by atoms with Crippen LogP contribution in [0.15, 0.2) is 79.4 Å². The summed E-state index contributed by atoms with van der Waals surface area (Å²) >= 11 is 3.55. The van der Waals surface area contributed by atoms with Crippen molar-refractivity contribution in [3.63, 3.8) is 0 Å². The predicted molar refractivity (Wildman–Crippen MR) is 143 cm³/mol. The largest absolute Gasteiger partial charge is 0.496 e. The van der Waals surface area contributed by atoms with Crippen LogP contribution < -0.4 is 19.8 Å². The summed E-state index contributed by atoms with van der Waals surface area (Å²) in [5.41, 5.74) is 1.52. The highest BCUT2D eigenvalue weighted by Crippen LogP contribution is 2.34. The SMILES string of the molecule is CCOc1cc(Br)c(C=Nn2c(-c3cc4c(OC)cccc4o3)nc3ccccc3c2=O)cc1OC. The van der Waals surface area contributed by atoms with E-state index >= 15 is 0 Å². The fraction of sp³-hybridized carbons (Fsp3) is 0.148. The number of para-hydroxylation sites is 1. The van der Waals surface area contributed by atoms with Crippen LogP contribution in [0.3, 0.4) is 0 Å². The standard InChI is InChI=1S/C27H22BrN3O5/c1-4-35-24-14-19(28)16(12-23(24)34-3)15-29-31-26(30-20-9-6-5-8-17(20)27(31)32)25-13-18-21(33-2)10-7-11-22(18)36-25/h5-15H,4H2,1-3H3. The van der Waals surface area contributed by atoms with Crippen LogP contribution in [0.2, 0.25) is 0 Å². The summed E-state index contributed by atoms with van der Waals surface area (Å²) < 4.78 is 24.6. The summed E-state index contributed by atoms with van der Waals surface area (Å²) in [7, 11) is 3.16. The zero-order valence-corrected chi connectivity index (χ0v) is 21.4. The molecular formula is C27H22BrN3O5. The highest BCUT2D eigenvalue weighted by atomic mass is 79.9. The lowest BCUT2D eigenvalue weighted by atomic mass is 10.2. The van der Waals surface area contributed by atoms with Gasteiger partial charge in [-0.2, -0.15) is 9.78 Å². The Morgan fingerprint density at radius 3 is 2.58 bits per heavy atom. The molecule has 0 atom stereocenters. The molecule has 0 fully saturated rings. The number of halogens is 1. The van der Waals surface area contributed by atoms with Crippen LogP contribution in [0.5, 0.6) is 17.2 Å². The molecule has 182 valence electrons. The van der Waals surface area contributed by atoms with Gasteiger partial charge < -0.3 is 18.6 Å². The lowest BCUT2D eigenvalue weighted by Gasteiger charge is -2.11. The second-order valence-electron chi connectivity index (χ2n) is 7.75. The maximum absolute atomic E-state index is 13.5. The van der Waals surface area contributed by atoms with E-state index in [0.717, 1.165) is 9.86 Å². The Morgan fingerprint density at radius 2 is 1.81 bits per heavy atom. The van der Waals surface area contributed by atoms with Crippen LogP contribution in [-0.2, 0) is 0 Å². The van der Waals surface area contributed by atoms with Gasteiger partial charge >= 0.3 is 0 Å². The van der Waals surface area contributed by atoms with Crippen molar-refractivity contribution < 1.29 is 18.6 Å². The average molecular weight is 548 g/mol. The number of hydrogen-bond acceptors (Lipinski definition) is 7. The normalized spacial score (nSPS) is 11.4. The van der Waals surface area contributed by atoms with Gasteiger partial charge in [-0.15, -0.1) is 0 Å². The van der Waals surface area contributed by atoms with E-state index < -0.39 is 0 Å². The number of furan rings is 1. The van der Waals surface area contributed by atoms with Crippen LogP contribution >= 0.6 is 15.9 Å². The van der Waals surface area contributed by atoms with Gasteiger partial charge in [0, 0.05) is 10.0 Å². The molecule has 2 aromatic heterocycles. The van der Waals surface area contributed by atoms with Crippen molar-refractivity contribution >= 4 is 44.0 Å². The van der Waals surface area contributed by atoms with E-state index in [9.17, 15) is 4.79 Å².